The zero-order valence-electron chi connectivity index (χ0n) is 19.4. The number of carbonyl (C=O) groups excluding carboxylic acids is 1. The molecule has 33 heavy (non-hydrogen) atoms. The molecule has 0 aliphatic carbocycles. The second kappa shape index (κ2) is 9.46. The predicted molar refractivity (Wildman–Crippen MR) is 123 cm³/mol. The first-order valence-corrected chi connectivity index (χ1v) is 11.6. The van der Waals surface area contributed by atoms with E-state index in [2.05, 4.69) is 39.0 Å². The van der Waals surface area contributed by atoms with E-state index in [9.17, 15) is 18.0 Å². The van der Waals surface area contributed by atoms with Gasteiger partial charge >= 0.3 is 6.18 Å². The number of rotatable bonds is 4. The lowest BCUT2D eigenvalue weighted by Gasteiger charge is -2.40. The number of aromatic nitrogens is 1. The number of nitrogens with one attached hydrogen (secondary N) is 1. The lowest BCUT2D eigenvalue weighted by molar-refractivity contribution is -0.136. The summed E-state index contributed by atoms with van der Waals surface area (Å²) < 4.78 is 40.5. The molecule has 2 aliphatic rings. The van der Waals surface area contributed by atoms with Gasteiger partial charge in [-0.05, 0) is 50.6 Å². The maximum Gasteiger partial charge on any atom is 0.418 e. The first-order valence-electron chi connectivity index (χ1n) is 11.6. The van der Waals surface area contributed by atoms with Crippen molar-refractivity contribution in [3.8, 4) is 0 Å². The van der Waals surface area contributed by atoms with Crippen molar-refractivity contribution in [1.82, 2.24) is 20.1 Å². The van der Waals surface area contributed by atoms with Crippen LogP contribution in [0.5, 0.6) is 0 Å². The highest BCUT2D eigenvalue weighted by atomic mass is 19.4. The van der Waals surface area contributed by atoms with E-state index in [1.54, 1.807) is 12.1 Å². The molecule has 180 valence electrons. The molecule has 1 amide bonds. The number of halogens is 3. The zero-order valence-corrected chi connectivity index (χ0v) is 19.4. The van der Waals surface area contributed by atoms with E-state index >= 15 is 0 Å². The fraction of sp³-hybridized carbons (Fsp3) is 0.583. The molecule has 0 bridgehead atoms. The molecule has 1 aromatic heterocycles. The van der Waals surface area contributed by atoms with Gasteiger partial charge < -0.3 is 15.1 Å². The van der Waals surface area contributed by atoms with E-state index in [0.717, 1.165) is 50.9 Å². The molecule has 3 atom stereocenters. The van der Waals surface area contributed by atoms with Gasteiger partial charge in [-0.25, -0.2) is 0 Å². The van der Waals surface area contributed by atoms with E-state index in [-0.39, 0.29) is 29.4 Å². The van der Waals surface area contributed by atoms with Gasteiger partial charge in [0.25, 0.3) is 0 Å². The minimum Gasteiger partial charge on any atom is -0.369 e. The lowest BCUT2D eigenvalue weighted by atomic mass is 9.94. The van der Waals surface area contributed by atoms with Crippen molar-refractivity contribution in [2.45, 2.75) is 38.5 Å². The average molecular weight is 464 g/mol. The van der Waals surface area contributed by atoms with E-state index in [1.165, 1.54) is 12.3 Å². The van der Waals surface area contributed by atoms with Crippen LogP contribution in [0.25, 0.3) is 10.9 Å². The minimum atomic E-state index is -4.46. The Kier molecular flexibility index (Phi) is 6.81. The summed E-state index contributed by atoms with van der Waals surface area (Å²) >= 11 is 0. The summed E-state index contributed by atoms with van der Waals surface area (Å²) in [6, 6.07) is 5.74. The first kappa shape index (κ1) is 23.8. The van der Waals surface area contributed by atoms with Crippen LogP contribution in [0.3, 0.4) is 0 Å². The molecule has 0 radical (unpaired) electrons. The SMILES string of the molecule is CC(C(=O)N[C@@H]1C[C@H](C)CN(c2ccc(C(F)(F)F)c3ncccc23)C1)N1CCN(C)CC1. The van der Waals surface area contributed by atoms with E-state index in [0.29, 0.717) is 11.9 Å². The fourth-order valence-electron chi connectivity index (χ4n) is 5.01. The van der Waals surface area contributed by atoms with Crippen molar-refractivity contribution in [3.63, 3.8) is 0 Å². The Morgan fingerprint density at radius 3 is 2.58 bits per heavy atom. The number of hydrogen-bond donors (Lipinski definition) is 1. The number of alkyl halides is 3. The third-order valence-corrected chi connectivity index (χ3v) is 6.86. The zero-order chi connectivity index (χ0) is 23.8. The summed E-state index contributed by atoms with van der Waals surface area (Å²) in [6.07, 6.45) is -2.23. The number of piperazine rings is 1. The van der Waals surface area contributed by atoms with Gasteiger partial charge in [-0.3, -0.25) is 14.7 Å². The van der Waals surface area contributed by atoms with Crippen LogP contribution in [0.2, 0.25) is 0 Å². The number of likely N-dealkylation sites (N-methyl/N-ethyl adjacent to an activating group) is 1. The quantitative estimate of drug-likeness (QED) is 0.755. The van der Waals surface area contributed by atoms with Crippen molar-refractivity contribution < 1.29 is 18.0 Å². The molecule has 1 unspecified atom stereocenters. The standard InChI is InChI=1S/C24H32F3N5O/c1-16-13-18(29-23(33)17(2)31-11-9-30(3)10-12-31)15-32(14-16)21-7-6-20(24(25,26)27)22-19(21)5-4-8-28-22/h4-8,16-18H,9-15H2,1-3H3,(H,29,33)/t16-,17?,18+/m0/s1. The molecule has 2 aromatic rings. The Morgan fingerprint density at radius 2 is 1.88 bits per heavy atom. The second-order valence-corrected chi connectivity index (χ2v) is 9.50. The molecule has 9 heteroatoms. The van der Waals surface area contributed by atoms with E-state index in [4.69, 9.17) is 0 Å². The fourth-order valence-corrected chi connectivity index (χ4v) is 5.01. The Bertz CT molecular complexity index is 990. The topological polar surface area (TPSA) is 51.7 Å². The highest BCUT2D eigenvalue weighted by molar-refractivity contribution is 5.94. The number of benzene rings is 1. The second-order valence-electron chi connectivity index (χ2n) is 9.50. The Balaban J connectivity index is 1.51. The van der Waals surface area contributed by atoms with Crippen LogP contribution in [0.4, 0.5) is 18.9 Å². The predicted octanol–water partition coefficient (Wildman–Crippen LogP) is 3.22. The number of carbonyl (C=O) groups is 1. The van der Waals surface area contributed by atoms with Gasteiger partial charge in [0, 0.05) is 62.6 Å². The summed E-state index contributed by atoms with van der Waals surface area (Å²) in [5, 5.41) is 3.69. The molecule has 1 aromatic carbocycles. The third-order valence-electron chi connectivity index (χ3n) is 6.86. The van der Waals surface area contributed by atoms with E-state index in [1.807, 2.05) is 6.92 Å². The molecule has 3 heterocycles. The van der Waals surface area contributed by atoms with Crippen molar-refractivity contribution in [1.29, 1.82) is 0 Å². The number of hydrogen-bond acceptors (Lipinski definition) is 5. The van der Waals surface area contributed by atoms with Crippen LogP contribution in [-0.4, -0.2) is 79.1 Å². The molecule has 2 saturated heterocycles. The Labute approximate surface area is 192 Å². The number of anilines is 1. The molecule has 6 nitrogen and oxygen atoms in total. The summed E-state index contributed by atoms with van der Waals surface area (Å²) in [6.45, 7) is 8.95. The maximum absolute atomic E-state index is 13.5. The molecule has 0 spiro atoms. The van der Waals surface area contributed by atoms with Gasteiger partial charge in [-0.15, -0.1) is 0 Å². The number of nitrogens with zero attached hydrogens (tertiary/aromatic N) is 4. The minimum absolute atomic E-state index is 0.0116. The van der Waals surface area contributed by atoms with Crippen LogP contribution in [0, 0.1) is 5.92 Å². The highest BCUT2D eigenvalue weighted by Crippen LogP contribution is 2.38. The van der Waals surface area contributed by atoms with Gasteiger partial charge in [0.05, 0.1) is 17.1 Å². The Morgan fingerprint density at radius 1 is 1.15 bits per heavy atom. The van der Waals surface area contributed by atoms with Crippen LogP contribution in [0.15, 0.2) is 30.5 Å². The van der Waals surface area contributed by atoms with Crippen molar-refractivity contribution in [3.05, 3.63) is 36.0 Å². The molecular formula is C24H32F3N5O. The van der Waals surface area contributed by atoms with Gasteiger partial charge in [0.15, 0.2) is 0 Å². The van der Waals surface area contributed by atoms with Gasteiger partial charge in [0.2, 0.25) is 5.91 Å². The normalized spacial score (nSPS) is 24.1. The maximum atomic E-state index is 13.5. The van der Waals surface area contributed by atoms with Crippen molar-refractivity contribution in [2.75, 3.05) is 51.2 Å². The van der Waals surface area contributed by atoms with Crippen molar-refractivity contribution >= 4 is 22.5 Å². The summed E-state index contributed by atoms with van der Waals surface area (Å²) in [7, 11) is 2.08. The number of pyridine rings is 1. The van der Waals surface area contributed by atoms with Crippen LogP contribution in [-0.2, 0) is 11.0 Å². The largest absolute Gasteiger partial charge is 0.418 e. The van der Waals surface area contributed by atoms with Gasteiger partial charge in [-0.2, -0.15) is 13.2 Å². The number of amides is 1. The van der Waals surface area contributed by atoms with E-state index < -0.39 is 11.7 Å². The van der Waals surface area contributed by atoms with Gasteiger partial charge in [0.1, 0.15) is 0 Å². The smallest absolute Gasteiger partial charge is 0.369 e. The number of fused-ring (bicyclic) bond motifs is 1. The van der Waals surface area contributed by atoms with Gasteiger partial charge in [-0.1, -0.05) is 6.92 Å². The molecule has 1 N–H and O–H groups in total. The third kappa shape index (κ3) is 5.24. The average Bonchev–Trinajstić information content (AvgIpc) is 2.77. The van der Waals surface area contributed by atoms with Crippen molar-refractivity contribution in [2.24, 2.45) is 5.92 Å². The molecular weight excluding hydrogens is 431 g/mol. The number of piperidine rings is 1. The summed E-state index contributed by atoms with van der Waals surface area (Å²) in [5.41, 5.74) is -0.0354. The molecule has 2 fully saturated rings. The molecule has 2 aliphatic heterocycles. The summed E-state index contributed by atoms with van der Waals surface area (Å²) in [4.78, 5) is 23.6. The van der Waals surface area contributed by atoms with Crippen LogP contribution in [0.1, 0.15) is 25.8 Å². The monoisotopic (exact) mass is 463 g/mol. The van der Waals surface area contributed by atoms with Crippen LogP contribution < -0.4 is 10.2 Å². The Hall–Kier alpha value is -2.39. The highest BCUT2D eigenvalue weighted by Gasteiger charge is 2.35. The van der Waals surface area contributed by atoms with Crippen LogP contribution >= 0.6 is 0 Å². The lowest BCUT2D eigenvalue weighted by Crippen LogP contribution is -2.57. The molecule has 4 rings (SSSR count). The first-order chi connectivity index (χ1) is 15.6. The molecule has 0 saturated carbocycles. The summed E-state index contributed by atoms with van der Waals surface area (Å²) in [5.74, 6) is 0.301.